The SMILES string of the molecule is CCC(CC)(CNC(C)(C)C)CN1CCC(C(C)O)CC1. The van der Waals surface area contributed by atoms with Crippen LogP contribution >= 0.6 is 0 Å². The average molecular weight is 299 g/mol. The lowest BCUT2D eigenvalue weighted by Gasteiger charge is -2.42. The molecule has 1 aliphatic heterocycles. The zero-order valence-electron chi connectivity index (χ0n) is 15.2. The van der Waals surface area contributed by atoms with Crippen molar-refractivity contribution in [3.05, 3.63) is 0 Å². The van der Waals surface area contributed by atoms with E-state index in [2.05, 4.69) is 44.8 Å². The minimum absolute atomic E-state index is 0.142. The molecule has 1 fully saturated rings. The molecule has 0 bridgehead atoms. The maximum Gasteiger partial charge on any atom is 0.0541 e. The van der Waals surface area contributed by atoms with Gasteiger partial charge in [0.25, 0.3) is 0 Å². The van der Waals surface area contributed by atoms with Crippen LogP contribution in [0, 0.1) is 11.3 Å². The van der Waals surface area contributed by atoms with Gasteiger partial charge in [0.2, 0.25) is 0 Å². The summed E-state index contributed by atoms with van der Waals surface area (Å²) < 4.78 is 0. The molecule has 21 heavy (non-hydrogen) atoms. The molecular formula is C18H38N2O. The largest absolute Gasteiger partial charge is 0.393 e. The molecule has 1 unspecified atom stereocenters. The molecule has 1 saturated heterocycles. The van der Waals surface area contributed by atoms with Gasteiger partial charge >= 0.3 is 0 Å². The highest BCUT2D eigenvalue weighted by Crippen LogP contribution is 2.30. The van der Waals surface area contributed by atoms with Crippen molar-refractivity contribution in [1.29, 1.82) is 0 Å². The van der Waals surface area contributed by atoms with E-state index in [0.717, 1.165) is 32.5 Å². The molecule has 0 saturated carbocycles. The third kappa shape index (κ3) is 6.25. The fraction of sp³-hybridized carbons (Fsp3) is 1.00. The summed E-state index contributed by atoms with van der Waals surface area (Å²) >= 11 is 0. The van der Waals surface area contributed by atoms with Gasteiger partial charge in [-0.15, -0.1) is 0 Å². The van der Waals surface area contributed by atoms with Crippen LogP contribution in [0.5, 0.6) is 0 Å². The highest BCUT2D eigenvalue weighted by atomic mass is 16.3. The smallest absolute Gasteiger partial charge is 0.0541 e. The van der Waals surface area contributed by atoms with E-state index in [1.807, 2.05) is 6.92 Å². The van der Waals surface area contributed by atoms with E-state index >= 15 is 0 Å². The third-order valence-corrected chi connectivity index (χ3v) is 5.37. The summed E-state index contributed by atoms with van der Waals surface area (Å²) in [6, 6.07) is 0. The molecule has 1 rings (SSSR count). The second kappa shape index (κ2) is 7.94. The third-order valence-electron chi connectivity index (χ3n) is 5.37. The van der Waals surface area contributed by atoms with Crippen molar-refractivity contribution in [2.75, 3.05) is 26.2 Å². The van der Waals surface area contributed by atoms with Crippen LogP contribution in [0.4, 0.5) is 0 Å². The van der Waals surface area contributed by atoms with Crippen LogP contribution in [0.3, 0.4) is 0 Å². The van der Waals surface area contributed by atoms with Crippen LogP contribution in [0.1, 0.15) is 67.2 Å². The van der Waals surface area contributed by atoms with Crippen LogP contribution in [0.25, 0.3) is 0 Å². The van der Waals surface area contributed by atoms with Crippen molar-refractivity contribution in [3.8, 4) is 0 Å². The van der Waals surface area contributed by atoms with Gasteiger partial charge in [-0.05, 0) is 77.8 Å². The maximum absolute atomic E-state index is 9.73. The molecule has 0 spiro atoms. The van der Waals surface area contributed by atoms with Crippen LogP contribution in [-0.4, -0.2) is 47.8 Å². The lowest BCUT2D eigenvalue weighted by atomic mass is 9.80. The quantitative estimate of drug-likeness (QED) is 0.757. The molecule has 0 aromatic heterocycles. The van der Waals surface area contributed by atoms with Crippen molar-refractivity contribution in [3.63, 3.8) is 0 Å². The number of hydrogen-bond donors (Lipinski definition) is 2. The average Bonchev–Trinajstić information content (AvgIpc) is 2.43. The number of rotatable bonds is 7. The molecule has 2 N–H and O–H groups in total. The van der Waals surface area contributed by atoms with Crippen LogP contribution in [-0.2, 0) is 0 Å². The predicted molar refractivity (Wildman–Crippen MR) is 91.6 cm³/mol. The fourth-order valence-corrected chi connectivity index (χ4v) is 3.30. The topological polar surface area (TPSA) is 35.5 Å². The number of likely N-dealkylation sites (tertiary alicyclic amines) is 1. The minimum Gasteiger partial charge on any atom is -0.393 e. The van der Waals surface area contributed by atoms with E-state index in [-0.39, 0.29) is 11.6 Å². The first-order valence-electron chi connectivity index (χ1n) is 8.87. The van der Waals surface area contributed by atoms with Crippen molar-refractivity contribution in [1.82, 2.24) is 10.2 Å². The Hall–Kier alpha value is -0.120. The van der Waals surface area contributed by atoms with E-state index in [4.69, 9.17) is 0 Å². The Balaban J connectivity index is 2.54. The molecule has 3 nitrogen and oxygen atoms in total. The summed E-state index contributed by atoms with van der Waals surface area (Å²) in [6.45, 7) is 17.9. The van der Waals surface area contributed by atoms with Gasteiger partial charge in [-0.3, -0.25) is 0 Å². The van der Waals surface area contributed by atoms with E-state index in [1.165, 1.54) is 19.4 Å². The van der Waals surface area contributed by atoms with Crippen molar-refractivity contribution >= 4 is 0 Å². The van der Waals surface area contributed by atoms with Crippen molar-refractivity contribution in [2.24, 2.45) is 11.3 Å². The summed E-state index contributed by atoms with van der Waals surface area (Å²) in [5.74, 6) is 0.506. The molecular weight excluding hydrogens is 260 g/mol. The van der Waals surface area contributed by atoms with Crippen LogP contribution in [0.2, 0.25) is 0 Å². The summed E-state index contributed by atoms with van der Waals surface area (Å²) in [5.41, 5.74) is 0.569. The molecule has 0 aromatic carbocycles. The van der Waals surface area contributed by atoms with E-state index in [1.54, 1.807) is 0 Å². The van der Waals surface area contributed by atoms with Crippen LogP contribution in [0.15, 0.2) is 0 Å². The Bertz CT molecular complexity index is 284. The number of aliphatic hydroxyl groups excluding tert-OH is 1. The summed E-state index contributed by atoms with van der Waals surface area (Å²) in [6.07, 6.45) is 4.60. The molecule has 3 heteroatoms. The minimum atomic E-state index is -0.142. The van der Waals surface area contributed by atoms with Crippen molar-refractivity contribution < 1.29 is 5.11 Å². The lowest BCUT2D eigenvalue weighted by Crippen LogP contribution is -2.50. The van der Waals surface area contributed by atoms with Gasteiger partial charge in [0.05, 0.1) is 6.10 Å². The molecule has 0 amide bonds. The number of nitrogens with one attached hydrogen (secondary N) is 1. The number of piperidine rings is 1. The highest BCUT2D eigenvalue weighted by Gasteiger charge is 2.32. The number of hydrogen-bond acceptors (Lipinski definition) is 3. The normalized spacial score (nSPS) is 20.7. The Morgan fingerprint density at radius 1 is 1.14 bits per heavy atom. The van der Waals surface area contributed by atoms with Gasteiger partial charge < -0.3 is 15.3 Å². The Morgan fingerprint density at radius 3 is 2.05 bits per heavy atom. The van der Waals surface area contributed by atoms with Gasteiger partial charge in [-0.2, -0.15) is 0 Å². The van der Waals surface area contributed by atoms with Gasteiger partial charge in [0, 0.05) is 18.6 Å². The Morgan fingerprint density at radius 2 is 1.67 bits per heavy atom. The number of aliphatic hydroxyl groups is 1. The first-order chi connectivity index (χ1) is 9.71. The van der Waals surface area contributed by atoms with E-state index in [0.29, 0.717) is 11.3 Å². The monoisotopic (exact) mass is 298 g/mol. The zero-order chi connectivity index (χ0) is 16.1. The molecule has 0 aromatic rings. The van der Waals surface area contributed by atoms with E-state index < -0.39 is 0 Å². The second-order valence-electron chi connectivity index (χ2n) is 8.16. The highest BCUT2D eigenvalue weighted by molar-refractivity contribution is 4.87. The second-order valence-corrected chi connectivity index (χ2v) is 8.16. The first-order valence-corrected chi connectivity index (χ1v) is 8.87. The Labute approximate surface area is 132 Å². The maximum atomic E-state index is 9.73. The summed E-state index contributed by atoms with van der Waals surface area (Å²) in [7, 11) is 0. The summed E-state index contributed by atoms with van der Waals surface area (Å²) in [4.78, 5) is 2.62. The first kappa shape index (κ1) is 18.9. The molecule has 1 atom stereocenters. The van der Waals surface area contributed by atoms with Gasteiger partial charge in [-0.25, -0.2) is 0 Å². The molecule has 0 radical (unpaired) electrons. The van der Waals surface area contributed by atoms with Crippen molar-refractivity contribution in [2.45, 2.75) is 78.9 Å². The summed E-state index contributed by atoms with van der Waals surface area (Å²) in [5, 5.41) is 13.4. The lowest BCUT2D eigenvalue weighted by molar-refractivity contribution is 0.0482. The standard InChI is InChI=1S/C18H38N2O/c1-7-18(8-2,13-19-17(4,5)6)14-20-11-9-16(10-12-20)15(3)21/h15-16,19,21H,7-14H2,1-6H3. The van der Waals surface area contributed by atoms with Crippen LogP contribution < -0.4 is 5.32 Å². The van der Waals surface area contributed by atoms with Gasteiger partial charge in [-0.1, -0.05) is 13.8 Å². The van der Waals surface area contributed by atoms with Gasteiger partial charge in [0.1, 0.15) is 0 Å². The predicted octanol–water partition coefficient (Wildman–Crippen LogP) is 3.27. The molecule has 0 aliphatic carbocycles. The molecule has 126 valence electrons. The molecule has 1 heterocycles. The van der Waals surface area contributed by atoms with Gasteiger partial charge in [0.15, 0.2) is 0 Å². The van der Waals surface area contributed by atoms with E-state index in [9.17, 15) is 5.11 Å². The Kier molecular flexibility index (Phi) is 7.15. The zero-order valence-corrected chi connectivity index (χ0v) is 15.2. The fourth-order valence-electron chi connectivity index (χ4n) is 3.30. The number of nitrogens with zero attached hydrogens (tertiary/aromatic N) is 1. The molecule has 1 aliphatic rings.